The van der Waals surface area contributed by atoms with E-state index < -0.39 is 0 Å². The average molecular weight is 290 g/mol. The molecule has 2 aromatic rings. The van der Waals surface area contributed by atoms with Gasteiger partial charge in [0, 0.05) is 12.2 Å². The van der Waals surface area contributed by atoms with Gasteiger partial charge in [-0.3, -0.25) is 0 Å². The Kier molecular flexibility index (Phi) is 3.66. The van der Waals surface area contributed by atoms with Gasteiger partial charge in [-0.05, 0) is 40.7 Å². The molecule has 1 aliphatic heterocycles. The maximum absolute atomic E-state index is 9.66. The summed E-state index contributed by atoms with van der Waals surface area (Å²) in [6, 6.07) is 19.3. The Morgan fingerprint density at radius 1 is 1.05 bits per heavy atom. The van der Waals surface area contributed by atoms with Gasteiger partial charge < -0.3 is 4.90 Å². The van der Waals surface area contributed by atoms with Gasteiger partial charge in [0.25, 0.3) is 0 Å². The van der Waals surface area contributed by atoms with Crippen LogP contribution in [-0.2, 0) is 11.8 Å². The van der Waals surface area contributed by atoms with Gasteiger partial charge in [-0.2, -0.15) is 5.26 Å². The molecular weight excluding hydrogens is 268 g/mol. The first-order valence-electron chi connectivity index (χ1n) is 7.85. The highest BCUT2D eigenvalue weighted by atomic mass is 15.2. The molecule has 1 unspecified atom stereocenters. The van der Waals surface area contributed by atoms with Crippen molar-refractivity contribution in [2.75, 3.05) is 11.4 Å². The molecule has 1 heterocycles. The number of hydrogen-bond acceptors (Lipinski definition) is 2. The second-order valence-electron chi connectivity index (χ2n) is 6.97. The van der Waals surface area contributed by atoms with E-state index >= 15 is 0 Å². The Bertz CT molecular complexity index is 702. The van der Waals surface area contributed by atoms with E-state index in [1.54, 1.807) is 0 Å². The lowest BCUT2D eigenvalue weighted by Crippen LogP contribution is -2.34. The average Bonchev–Trinajstić information content (AvgIpc) is 2.53. The van der Waals surface area contributed by atoms with E-state index in [1.807, 2.05) is 6.07 Å². The summed E-state index contributed by atoms with van der Waals surface area (Å²) in [5.41, 5.74) is 5.06. The SMILES string of the molecule is CC(C)(C)c1ccc(N2CCc3ccccc3C2C#N)cc1. The zero-order valence-electron chi connectivity index (χ0n) is 13.5. The minimum Gasteiger partial charge on any atom is -0.352 e. The third-order valence-corrected chi connectivity index (χ3v) is 4.47. The monoisotopic (exact) mass is 290 g/mol. The number of nitrogens with zero attached hydrogens (tertiary/aromatic N) is 2. The van der Waals surface area contributed by atoms with Crippen molar-refractivity contribution in [3.63, 3.8) is 0 Å². The zero-order valence-corrected chi connectivity index (χ0v) is 13.5. The smallest absolute Gasteiger partial charge is 0.142 e. The maximum Gasteiger partial charge on any atom is 0.142 e. The second-order valence-corrected chi connectivity index (χ2v) is 6.97. The standard InChI is InChI=1S/C20H22N2/c1-20(2,3)16-8-10-17(11-9-16)22-13-12-15-6-4-5-7-18(15)19(22)14-21/h4-11,19H,12-13H2,1-3H3. The van der Waals surface area contributed by atoms with Crippen LogP contribution in [-0.4, -0.2) is 6.54 Å². The molecule has 0 aliphatic carbocycles. The van der Waals surface area contributed by atoms with Gasteiger partial charge >= 0.3 is 0 Å². The molecule has 2 aromatic carbocycles. The normalized spacial score (nSPS) is 17.7. The van der Waals surface area contributed by atoms with Crippen molar-refractivity contribution < 1.29 is 0 Å². The van der Waals surface area contributed by atoms with E-state index in [0.29, 0.717) is 0 Å². The van der Waals surface area contributed by atoms with Gasteiger partial charge in [-0.15, -0.1) is 0 Å². The fourth-order valence-corrected chi connectivity index (χ4v) is 3.14. The number of anilines is 1. The van der Waals surface area contributed by atoms with Crippen molar-refractivity contribution in [1.29, 1.82) is 5.26 Å². The Labute approximate surface area is 133 Å². The number of nitriles is 1. The van der Waals surface area contributed by atoms with Crippen molar-refractivity contribution in [3.05, 3.63) is 65.2 Å². The molecule has 0 saturated heterocycles. The molecule has 0 spiro atoms. The van der Waals surface area contributed by atoms with E-state index in [0.717, 1.165) is 24.2 Å². The van der Waals surface area contributed by atoms with Gasteiger partial charge in [0.1, 0.15) is 6.04 Å². The van der Waals surface area contributed by atoms with Crippen LogP contribution in [0.25, 0.3) is 0 Å². The first kappa shape index (κ1) is 14.7. The van der Waals surface area contributed by atoms with Crippen LogP contribution in [0.15, 0.2) is 48.5 Å². The summed E-state index contributed by atoms with van der Waals surface area (Å²) in [7, 11) is 0. The van der Waals surface area contributed by atoms with E-state index in [9.17, 15) is 5.26 Å². The predicted octanol–water partition coefficient (Wildman–Crippen LogP) is 4.61. The molecule has 1 atom stereocenters. The summed E-state index contributed by atoms with van der Waals surface area (Å²) >= 11 is 0. The highest BCUT2D eigenvalue weighted by molar-refractivity contribution is 5.55. The van der Waals surface area contributed by atoms with Crippen molar-refractivity contribution in [3.8, 4) is 6.07 Å². The van der Waals surface area contributed by atoms with Crippen molar-refractivity contribution in [2.45, 2.75) is 38.6 Å². The van der Waals surface area contributed by atoms with Gasteiger partial charge in [0.2, 0.25) is 0 Å². The van der Waals surface area contributed by atoms with Crippen LogP contribution in [0.2, 0.25) is 0 Å². The van der Waals surface area contributed by atoms with E-state index in [4.69, 9.17) is 0 Å². The lowest BCUT2D eigenvalue weighted by atomic mass is 9.86. The van der Waals surface area contributed by atoms with Crippen LogP contribution in [0.1, 0.15) is 43.5 Å². The lowest BCUT2D eigenvalue weighted by Gasteiger charge is -2.35. The largest absolute Gasteiger partial charge is 0.352 e. The van der Waals surface area contributed by atoms with Crippen LogP contribution in [0.5, 0.6) is 0 Å². The molecule has 22 heavy (non-hydrogen) atoms. The zero-order chi connectivity index (χ0) is 15.7. The van der Waals surface area contributed by atoms with Crippen molar-refractivity contribution in [2.24, 2.45) is 0 Å². The minimum atomic E-state index is -0.189. The fourth-order valence-electron chi connectivity index (χ4n) is 3.14. The Morgan fingerprint density at radius 2 is 1.73 bits per heavy atom. The number of rotatable bonds is 1. The van der Waals surface area contributed by atoms with Crippen LogP contribution in [0, 0.1) is 11.3 Å². The Hall–Kier alpha value is -2.27. The molecule has 0 bridgehead atoms. The molecule has 112 valence electrons. The molecule has 0 amide bonds. The molecule has 2 heteroatoms. The van der Waals surface area contributed by atoms with Crippen molar-refractivity contribution in [1.82, 2.24) is 0 Å². The first-order chi connectivity index (χ1) is 10.5. The molecule has 0 N–H and O–H groups in total. The number of benzene rings is 2. The summed E-state index contributed by atoms with van der Waals surface area (Å²) < 4.78 is 0. The third-order valence-electron chi connectivity index (χ3n) is 4.47. The van der Waals surface area contributed by atoms with Crippen molar-refractivity contribution >= 4 is 5.69 Å². The molecule has 0 radical (unpaired) electrons. The number of fused-ring (bicyclic) bond motifs is 1. The van der Waals surface area contributed by atoms with Gasteiger partial charge in [0.15, 0.2) is 0 Å². The molecule has 1 aliphatic rings. The quantitative estimate of drug-likeness (QED) is 0.766. The molecule has 3 rings (SSSR count). The maximum atomic E-state index is 9.66. The Morgan fingerprint density at radius 3 is 2.36 bits per heavy atom. The van der Waals surface area contributed by atoms with Gasteiger partial charge in [0.05, 0.1) is 6.07 Å². The highest BCUT2D eigenvalue weighted by Crippen LogP contribution is 2.34. The molecular formula is C20H22N2. The van der Waals surface area contributed by atoms with Crippen LogP contribution < -0.4 is 4.90 Å². The summed E-state index contributed by atoms with van der Waals surface area (Å²) in [4.78, 5) is 2.22. The van der Waals surface area contributed by atoms with E-state index in [1.165, 1.54) is 11.1 Å². The summed E-state index contributed by atoms with van der Waals surface area (Å²) in [5.74, 6) is 0. The number of hydrogen-bond donors (Lipinski definition) is 0. The highest BCUT2D eigenvalue weighted by Gasteiger charge is 2.27. The summed E-state index contributed by atoms with van der Waals surface area (Å²) in [5, 5.41) is 9.66. The summed E-state index contributed by atoms with van der Waals surface area (Å²) in [6.45, 7) is 7.55. The Balaban J connectivity index is 1.94. The predicted molar refractivity (Wildman–Crippen MR) is 91.0 cm³/mol. The first-order valence-corrected chi connectivity index (χ1v) is 7.85. The molecule has 0 fully saturated rings. The van der Waals surface area contributed by atoms with Crippen LogP contribution in [0.4, 0.5) is 5.69 Å². The van der Waals surface area contributed by atoms with Crippen LogP contribution >= 0.6 is 0 Å². The lowest BCUT2D eigenvalue weighted by molar-refractivity contribution is 0.590. The van der Waals surface area contributed by atoms with Crippen LogP contribution in [0.3, 0.4) is 0 Å². The van der Waals surface area contributed by atoms with Gasteiger partial charge in [-0.1, -0.05) is 57.2 Å². The topological polar surface area (TPSA) is 27.0 Å². The van der Waals surface area contributed by atoms with E-state index in [-0.39, 0.29) is 11.5 Å². The molecule has 0 saturated carbocycles. The molecule has 2 nitrogen and oxygen atoms in total. The second kappa shape index (κ2) is 5.50. The minimum absolute atomic E-state index is 0.154. The third kappa shape index (κ3) is 2.60. The summed E-state index contributed by atoms with van der Waals surface area (Å²) in [6.07, 6.45) is 0.995. The fraction of sp³-hybridized carbons (Fsp3) is 0.350. The van der Waals surface area contributed by atoms with Gasteiger partial charge in [-0.25, -0.2) is 0 Å². The van der Waals surface area contributed by atoms with E-state index in [2.05, 4.69) is 74.2 Å². The molecule has 0 aromatic heterocycles.